The summed E-state index contributed by atoms with van der Waals surface area (Å²) in [4.78, 5) is 24.7. The lowest BCUT2D eigenvalue weighted by Gasteiger charge is -2.29. The van der Waals surface area contributed by atoms with Crippen LogP contribution in [0.1, 0.15) is 11.1 Å². The molecule has 0 radical (unpaired) electrons. The van der Waals surface area contributed by atoms with Gasteiger partial charge >= 0.3 is 0 Å². The Labute approximate surface area is 184 Å². The third kappa shape index (κ3) is 5.15. The third-order valence-electron chi connectivity index (χ3n) is 4.81. The van der Waals surface area contributed by atoms with E-state index in [1.54, 1.807) is 6.07 Å². The molecule has 1 fully saturated rings. The predicted octanol–water partition coefficient (Wildman–Crippen LogP) is 2.47. The number of carbonyl (C=O) groups excluding carboxylic acids is 2. The van der Waals surface area contributed by atoms with E-state index in [1.165, 1.54) is 30.0 Å². The molecule has 3 rings (SSSR count). The molecule has 30 heavy (non-hydrogen) atoms. The van der Waals surface area contributed by atoms with Gasteiger partial charge in [-0.05, 0) is 49.2 Å². The van der Waals surface area contributed by atoms with Crippen molar-refractivity contribution in [3.8, 4) is 0 Å². The maximum absolute atomic E-state index is 12.8. The normalized spacial score (nSPS) is 19.2. The molecule has 0 spiro atoms. The third-order valence-corrected chi connectivity index (χ3v) is 8.14. The highest BCUT2D eigenvalue weighted by Gasteiger charge is 2.38. The van der Waals surface area contributed by atoms with Crippen molar-refractivity contribution >= 4 is 50.7 Å². The average Bonchev–Trinajstić information content (AvgIpc) is 2.70. The van der Waals surface area contributed by atoms with Crippen molar-refractivity contribution < 1.29 is 18.0 Å². The van der Waals surface area contributed by atoms with Gasteiger partial charge in [-0.3, -0.25) is 14.9 Å². The number of sulfone groups is 1. The van der Waals surface area contributed by atoms with Crippen LogP contribution in [0.4, 0.5) is 5.69 Å². The lowest BCUT2D eigenvalue weighted by atomic mass is 10.1. The molecule has 0 aromatic heterocycles. The highest BCUT2D eigenvalue weighted by Crippen LogP contribution is 2.23. The first kappa shape index (κ1) is 22.6. The summed E-state index contributed by atoms with van der Waals surface area (Å²) in [6, 6.07) is 11.5. The summed E-state index contributed by atoms with van der Waals surface area (Å²) in [5.41, 5.74) is 2.25. The van der Waals surface area contributed by atoms with Crippen molar-refractivity contribution in [1.29, 1.82) is 0 Å². The van der Waals surface area contributed by atoms with Crippen LogP contribution in [-0.2, 0) is 19.4 Å². The molecule has 2 unspecified atom stereocenters. The maximum atomic E-state index is 12.8. The minimum Gasteiger partial charge on any atom is -0.331 e. The van der Waals surface area contributed by atoms with Crippen molar-refractivity contribution in [2.75, 3.05) is 17.6 Å². The molecule has 0 saturated carbocycles. The van der Waals surface area contributed by atoms with Crippen LogP contribution in [0.25, 0.3) is 0 Å². The number of rotatable bonds is 6. The van der Waals surface area contributed by atoms with Gasteiger partial charge in [0.2, 0.25) is 11.8 Å². The number of hydrogen-bond donors (Lipinski definition) is 3. The van der Waals surface area contributed by atoms with Crippen molar-refractivity contribution in [3.05, 3.63) is 58.6 Å². The Hall–Kier alpha value is -2.07. The average molecular weight is 468 g/mol. The Morgan fingerprint density at radius 3 is 2.67 bits per heavy atom. The first-order valence-electron chi connectivity index (χ1n) is 9.19. The molecule has 1 aliphatic heterocycles. The quantitative estimate of drug-likeness (QED) is 0.603. The van der Waals surface area contributed by atoms with Gasteiger partial charge < -0.3 is 10.6 Å². The fraction of sp³-hybridized carbons (Fsp3) is 0.300. The van der Waals surface area contributed by atoms with E-state index >= 15 is 0 Å². The molecule has 1 aliphatic rings. The predicted molar refractivity (Wildman–Crippen MR) is 119 cm³/mol. The highest BCUT2D eigenvalue weighted by atomic mass is 35.5. The van der Waals surface area contributed by atoms with E-state index < -0.39 is 26.5 Å². The largest absolute Gasteiger partial charge is 0.331 e. The number of amides is 2. The van der Waals surface area contributed by atoms with Gasteiger partial charge in [-0.15, -0.1) is 11.8 Å². The minimum atomic E-state index is -3.89. The number of nitrogens with one attached hydrogen (secondary N) is 3. The molecule has 2 amide bonds. The molecule has 160 valence electrons. The van der Waals surface area contributed by atoms with Gasteiger partial charge in [-0.25, -0.2) is 8.42 Å². The number of aryl methyl sites for hydroxylation is 1. The molecule has 1 heterocycles. The van der Waals surface area contributed by atoms with E-state index in [0.717, 1.165) is 16.8 Å². The topological polar surface area (TPSA) is 104 Å². The standard InChI is InChI=1S/C20H22ClN3O4S2/c1-12-5-3-8-16(13(12)2)23-18(25)11-29-20-22-10-17(19(26)24-20)30(27,28)15-7-4-6-14(21)9-15/h3-9,17,20,22H,10-11H2,1-2H3,(H,23,25)(H,24,26). The molecular weight excluding hydrogens is 446 g/mol. The monoisotopic (exact) mass is 467 g/mol. The van der Waals surface area contributed by atoms with Crippen LogP contribution < -0.4 is 16.0 Å². The fourth-order valence-electron chi connectivity index (χ4n) is 2.97. The Morgan fingerprint density at radius 1 is 1.23 bits per heavy atom. The molecule has 2 aromatic carbocycles. The van der Waals surface area contributed by atoms with E-state index in [0.29, 0.717) is 0 Å². The van der Waals surface area contributed by atoms with Crippen LogP contribution in [0.5, 0.6) is 0 Å². The summed E-state index contributed by atoms with van der Waals surface area (Å²) in [6.45, 7) is 3.84. The Balaban J connectivity index is 1.56. The highest BCUT2D eigenvalue weighted by molar-refractivity contribution is 8.00. The Bertz CT molecular complexity index is 1080. The van der Waals surface area contributed by atoms with Gasteiger partial charge in [-0.2, -0.15) is 0 Å². The van der Waals surface area contributed by atoms with E-state index in [2.05, 4.69) is 16.0 Å². The maximum Gasteiger partial charge on any atom is 0.241 e. The molecule has 7 nitrogen and oxygen atoms in total. The summed E-state index contributed by atoms with van der Waals surface area (Å²) >= 11 is 7.05. The zero-order chi connectivity index (χ0) is 21.9. The van der Waals surface area contributed by atoms with Crippen LogP contribution in [0, 0.1) is 13.8 Å². The van der Waals surface area contributed by atoms with Crippen LogP contribution in [0.2, 0.25) is 5.02 Å². The lowest BCUT2D eigenvalue weighted by Crippen LogP contribution is -2.59. The smallest absolute Gasteiger partial charge is 0.241 e. The van der Waals surface area contributed by atoms with Crippen LogP contribution in [0.15, 0.2) is 47.4 Å². The summed E-state index contributed by atoms with van der Waals surface area (Å²) in [7, 11) is -3.89. The van der Waals surface area contributed by atoms with Crippen molar-refractivity contribution in [1.82, 2.24) is 10.6 Å². The van der Waals surface area contributed by atoms with Crippen LogP contribution >= 0.6 is 23.4 Å². The first-order chi connectivity index (χ1) is 14.2. The summed E-state index contributed by atoms with van der Waals surface area (Å²) in [6.07, 6.45) is 0. The van der Waals surface area contributed by atoms with Gasteiger partial charge in [0, 0.05) is 17.3 Å². The van der Waals surface area contributed by atoms with Gasteiger partial charge in [0.15, 0.2) is 15.1 Å². The molecule has 2 aromatic rings. The number of halogens is 1. The number of carbonyl (C=O) groups is 2. The van der Waals surface area contributed by atoms with Crippen molar-refractivity contribution in [2.24, 2.45) is 0 Å². The molecule has 0 aliphatic carbocycles. The second-order valence-electron chi connectivity index (χ2n) is 6.89. The molecular formula is C20H22ClN3O4S2. The van der Waals surface area contributed by atoms with Gasteiger partial charge in [-0.1, -0.05) is 29.8 Å². The second-order valence-corrected chi connectivity index (χ2v) is 10.6. The number of hydrogen-bond acceptors (Lipinski definition) is 6. The molecule has 1 saturated heterocycles. The molecule has 3 N–H and O–H groups in total. The lowest BCUT2D eigenvalue weighted by molar-refractivity contribution is -0.122. The number of benzene rings is 2. The minimum absolute atomic E-state index is 0.00375. The zero-order valence-electron chi connectivity index (χ0n) is 16.4. The van der Waals surface area contributed by atoms with E-state index in [-0.39, 0.29) is 28.1 Å². The van der Waals surface area contributed by atoms with Gasteiger partial charge in [0.1, 0.15) is 5.50 Å². The molecule has 0 bridgehead atoms. The Kier molecular flexibility index (Phi) is 7.07. The van der Waals surface area contributed by atoms with Crippen LogP contribution in [-0.4, -0.2) is 43.3 Å². The van der Waals surface area contributed by atoms with E-state index in [9.17, 15) is 18.0 Å². The van der Waals surface area contributed by atoms with E-state index in [4.69, 9.17) is 11.6 Å². The number of anilines is 1. The van der Waals surface area contributed by atoms with E-state index in [1.807, 2.05) is 32.0 Å². The summed E-state index contributed by atoms with van der Waals surface area (Å²) < 4.78 is 25.5. The Morgan fingerprint density at radius 2 is 1.97 bits per heavy atom. The zero-order valence-corrected chi connectivity index (χ0v) is 18.8. The first-order valence-corrected chi connectivity index (χ1v) is 12.2. The summed E-state index contributed by atoms with van der Waals surface area (Å²) in [5.74, 6) is -0.726. The second kappa shape index (κ2) is 9.38. The van der Waals surface area contributed by atoms with Crippen molar-refractivity contribution in [2.45, 2.75) is 29.5 Å². The number of thioether (sulfide) groups is 1. The fourth-order valence-corrected chi connectivity index (χ4v) is 5.58. The molecule has 2 atom stereocenters. The molecule has 10 heteroatoms. The van der Waals surface area contributed by atoms with Crippen LogP contribution in [0.3, 0.4) is 0 Å². The SMILES string of the molecule is Cc1cccc(NC(=O)CSC2NCC(S(=O)(=O)c3cccc(Cl)c3)C(=O)N2)c1C. The van der Waals surface area contributed by atoms with Gasteiger partial charge in [0.25, 0.3) is 0 Å². The summed E-state index contributed by atoms with van der Waals surface area (Å²) in [5, 5.41) is 7.45. The van der Waals surface area contributed by atoms with Gasteiger partial charge in [0.05, 0.1) is 10.6 Å². The van der Waals surface area contributed by atoms with Crippen molar-refractivity contribution in [3.63, 3.8) is 0 Å².